The van der Waals surface area contributed by atoms with Gasteiger partial charge >= 0.3 is 11.9 Å². The van der Waals surface area contributed by atoms with Crippen LogP contribution in [0.15, 0.2) is 152 Å². The van der Waals surface area contributed by atoms with Crippen molar-refractivity contribution in [1.29, 1.82) is 0 Å². The van der Waals surface area contributed by atoms with E-state index < -0.39 is 54.5 Å². The lowest BCUT2D eigenvalue weighted by atomic mass is 9.80. The summed E-state index contributed by atoms with van der Waals surface area (Å²) in [6.45, 7) is 1.66. The molecular formula is C41H36O8. The Balaban J connectivity index is 1.30. The van der Waals surface area contributed by atoms with Crippen LogP contribution >= 0.6 is 0 Å². The van der Waals surface area contributed by atoms with Gasteiger partial charge in [0, 0.05) is 0 Å². The summed E-state index contributed by atoms with van der Waals surface area (Å²) in [7, 11) is 0. The summed E-state index contributed by atoms with van der Waals surface area (Å²) in [5, 5.41) is 0. The van der Waals surface area contributed by atoms with Gasteiger partial charge < -0.3 is 28.4 Å². The van der Waals surface area contributed by atoms with Gasteiger partial charge in [-0.1, -0.05) is 127 Å². The Morgan fingerprint density at radius 2 is 0.959 bits per heavy atom. The van der Waals surface area contributed by atoms with E-state index in [1.54, 1.807) is 55.5 Å². The normalized spacial score (nSPS) is 23.3. The minimum Gasteiger partial charge on any atom is -0.452 e. The molecule has 2 fully saturated rings. The monoisotopic (exact) mass is 656 g/mol. The summed E-state index contributed by atoms with van der Waals surface area (Å²) < 4.78 is 38.1. The number of fused-ring (bicyclic) bond motifs is 1. The van der Waals surface area contributed by atoms with Gasteiger partial charge in [0.15, 0.2) is 30.9 Å². The van der Waals surface area contributed by atoms with Crippen molar-refractivity contribution in [2.75, 3.05) is 6.61 Å². The van der Waals surface area contributed by atoms with E-state index in [9.17, 15) is 9.59 Å². The van der Waals surface area contributed by atoms with Crippen molar-refractivity contribution in [3.63, 3.8) is 0 Å². The highest BCUT2D eigenvalue weighted by atomic mass is 16.8. The summed E-state index contributed by atoms with van der Waals surface area (Å²) in [6, 6.07) is 47.1. The smallest absolute Gasteiger partial charge is 0.338 e. The van der Waals surface area contributed by atoms with Gasteiger partial charge in [0.1, 0.15) is 11.7 Å². The van der Waals surface area contributed by atoms with Crippen molar-refractivity contribution < 1.29 is 38.0 Å². The molecule has 0 spiro atoms. The Labute approximate surface area is 285 Å². The van der Waals surface area contributed by atoms with Crippen LogP contribution in [-0.2, 0) is 34.0 Å². The van der Waals surface area contributed by atoms with Crippen LogP contribution in [0.1, 0.15) is 44.3 Å². The van der Waals surface area contributed by atoms with E-state index in [1.165, 1.54) is 0 Å². The molecule has 2 unspecified atom stereocenters. The Kier molecular flexibility index (Phi) is 9.63. The average Bonchev–Trinajstić information content (AvgIpc) is 3.54. The van der Waals surface area contributed by atoms with E-state index in [-0.39, 0.29) is 6.61 Å². The number of carbonyl (C=O) groups is 2. The molecule has 2 aliphatic rings. The van der Waals surface area contributed by atoms with E-state index >= 15 is 0 Å². The van der Waals surface area contributed by atoms with Gasteiger partial charge in [-0.05, 0) is 47.9 Å². The molecule has 49 heavy (non-hydrogen) atoms. The molecular weight excluding hydrogens is 620 g/mol. The van der Waals surface area contributed by atoms with E-state index in [0.29, 0.717) is 11.1 Å². The maximum Gasteiger partial charge on any atom is 0.338 e. The molecule has 0 radical (unpaired) electrons. The van der Waals surface area contributed by atoms with E-state index in [1.807, 2.05) is 103 Å². The van der Waals surface area contributed by atoms with Crippen molar-refractivity contribution in [1.82, 2.24) is 0 Å². The molecule has 0 amide bonds. The van der Waals surface area contributed by atoms with E-state index in [0.717, 1.165) is 16.7 Å². The van der Waals surface area contributed by atoms with Crippen molar-refractivity contribution in [3.05, 3.63) is 179 Å². The quantitative estimate of drug-likeness (QED) is 0.118. The van der Waals surface area contributed by atoms with Crippen LogP contribution in [0.5, 0.6) is 0 Å². The molecule has 5 aromatic rings. The highest BCUT2D eigenvalue weighted by molar-refractivity contribution is 5.90. The Bertz CT molecular complexity index is 1720. The molecule has 0 N–H and O–H groups in total. The average molecular weight is 657 g/mol. The molecule has 2 saturated heterocycles. The molecule has 8 heteroatoms. The van der Waals surface area contributed by atoms with Gasteiger partial charge in [0.2, 0.25) is 0 Å². The Morgan fingerprint density at radius 3 is 1.41 bits per heavy atom. The van der Waals surface area contributed by atoms with Gasteiger partial charge in [0.05, 0.1) is 17.7 Å². The predicted octanol–water partition coefficient (Wildman–Crippen LogP) is 6.93. The van der Waals surface area contributed by atoms with E-state index in [2.05, 4.69) is 0 Å². The number of hydrogen-bond acceptors (Lipinski definition) is 8. The molecule has 0 aliphatic carbocycles. The summed E-state index contributed by atoms with van der Waals surface area (Å²) in [5.41, 5.74) is 2.26. The molecule has 0 bridgehead atoms. The zero-order chi connectivity index (χ0) is 33.6. The zero-order valence-corrected chi connectivity index (χ0v) is 26.9. The first kappa shape index (κ1) is 32.4. The maximum absolute atomic E-state index is 13.7. The van der Waals surface area contributed by atoms with Crippen molar-refractivity contribution in [2.24, 2.45) is 0 Å². The molecule has 2 heterocycles. The van der Waals surface area contributed by atoms with Gasteiger partial charge in [-0.15, -0.1) is 0 Å². The number of rotatable bonds is 10. The first-order valence-corrected chi connectivity index (χ1v) is 16.3. The minimum atomic E-state index is -1.13. The standard InChI is InChI=1S/C41H36O8/c1-28-45-37-36(49-39(43)30-19-9-3-10-20-30)35(48-38(42)29-17-7-2-8-18-29)34(47-40(37)46-28)27-44-41(31-21-11-4-12-22-31,32-23-13-5-14-24-32)33-25-15-6-16-26-33/h2-26,28,34-37,40H,27H2,1H3/t28?,34-,35-,36+,37+,40?/m1/s1. The van der Waals surface area contributed by atoms with Crippen LogP contribution in [-0.4, -0.2) is 55.5 Å². The van der Waals surface area contributed by atoms with Gasteiger partial charge in [-0.2, -0.15) is 0 Å². The first-order valence-electron chi connectivity index (χ1n) is 16.3. The number of hydrogen-bond donors (Lipinski definition) is 0. The van der Waals surface area contributed by atoms with E-state index in [4.69, 9.17) is 28.4 Å². The molecule has 0 saturated carbocycles. The third-order valence-electron chi connectivity index (χ3n) is 8.78. The summed E-state index contributed by atoms with van der Waals surface area (Å²) >= 11 is 0. The van der Waals surface area contributed by atoms with Crippen LogP contribution in [0.2, 0.25) is 0 Å². The third kappa shape index (κ3) is 6.77. The summed E-state index contributed by atoms with van der Waals surface area (Å²) in [6.07, 6.45) is -5.59. The number of benzene rings is 5. The fraction of sp³-hybridized carbons (Fsp3) is 0.220. The van der Waals surface area contributed by atoms with Crippen molar-refractivity contribution in [3.8, 4) is 0 Å². The predicted molar refractivity (Wildman–Crippen MR) is 181 cm³/mol. The Morgan fingerprint density at radius 1 is 0.551 bits per heavy atom. The number of ether oxygens (including phenoxy) is 6. The van der Waals surface area contributed by atoms with Crippen LogP contribution in [0, 0.1) is 0 Å². The fourth-order valence-corrected chi connectivity index (χ4v) is 6.49. The molecule has 0 aromatic heterocycles. The van der Waals surface area contributed by atoms with Crippen LogP contribution in [0.3, 0.4) is 0 Å². The second kappa shape index (κ2) is 14.6. The lowest BCUT2D eigenvalue weighted by Gasteiger charge is -2.43. The SMILES string of the molecule is CC1OC2O[C@H](COC(c3ccccc3)(c3ccccc3)c3ccccc3)[C@@H](OC(=O)c3ccccc3)[C@H](OC(=O)c3ccccc3)[C@@H]2O1. The molecule has 6 atom stereocenters. The van der Waals surface area contributed by atoms with Crippen LogP contribution in [0.25, 0.3) is 0 Å². The molecule has 7 rings (SSSR count). The van der Waals surface area contributed by atoms with Crippen LogP contribution < -0.4 is 0 Å². The minimum absolute atomic E-state index is 0.0776. The molecule has 248 valence electrons. The fourth-order valence-electron chi connectivity index (χ4n) is 6.49. The first-order chi connectivity index (χ1) is 24.0. The highest BCUT2D eigenvalue weighted by Crippen LogP contribution is 2.42. The van der Waals surface area contributed by atoms with Crippen molar-refractivity contribution >= 4 is 11.9 Å². The third-order valence-corrected chi connectivity index (χ3v) is 8.78. The second-order valence-electron chi connectivity index (χ2n) is 11.9. The van der Waals surface area contributed by atoms with Gasteiger partial charge in [-0.3, -0.25) is 0 Å². The number of esters is 2. The topological polar surface area (TPSA) is 89.5 Å². The summed E-state index contributed by atoms with van der Waals surface area (Å²) in [5.74, 6) is -1.20. The molecule has 8 nitrogen and oxygen atoms in total. The van der Waals surface area contributed by atoms with Crippen LogP contribution in [0.4, 0.5) is 0 Å². The second-order valence-corrected chi connectivity index (χ2v) is 11.9. The molecule has 5 aromatic carbocycles. The van der Waals surface area contributed by atoms with Gasteiger partial charge in [-0.25, -0.2) is 9.59 Å². The Hall–Kier alpha value is -5.12. The summed E-state index contributed by atoms with van der Waals surface area (Å²) in [4.78, 5) is 27.2. The highest BCUT2D eigenvalue weighted by Gasteiger charge is 2.56. The lowest BCUT2D eigenvalue weighted by Crippen LogP contribution is -2.61. The molecule has 2 aliphatic heterocycles. The zero-order valence-electron chi connectivity index (χ0n) is 26.9. The number of carbonyl (C=O) groups excluding carboxylic acids is 2. The largest absolute Gasteiger partial charge is 0.452 e. The van der Waals surface area contributed by atoms with Crippen molar-refractivity contribution in [2.45, 2.75) is 49.5 Å². The maximum atomic E-state index is 13.7. The lowest BCUT2D eigenvalue weighted by molar-refractivity contribution is -0.259. The van der Waals surface area contributed by atoms with Gasteiger partial charge in [0.25, 0.3) is 0 Å².